The summed E-state index contributed by atoms with van der Waals surface area (Å²) in [5.74, 6) is 0.499. The van der Waals surface area contributed by atoms with Gasteiger partial charge in [-0.25, -0.2) is 4.98 Å². The van der Waals surface area contributed by atoms with Crippen LogP contribution in [0, 0.1) is 6.92 Å². The molecule has 0 unspecified atom stereocenters. The Morgan fingerprint density at radius 2 is 1.76 bits per heavy atom. The number of carbonyl (C=O) groups is 1. The summed E-state index contributed by atoms with van der Waals surface area (Å²) in [4.78, 5) is 18.0. The van der Waals surface area contributed by atoms with Crippen molar-refractivity contribution in [1.29, 1.82) is 0 Å². The van der Waals surface area contributed by atoms with Crippen molar-refractivity contribution in [3.63, 3.8) is 0 Å². The molecule has 33 heavy (non-hydrogen) atoms. The van der Waals surface area contributed by atoms with Crippen molar-refractivity contribution in [1.82, 2.24) is 24.6 Å². The number of aryl methyl sites for hydroxylation is 1. The fourth-order valence-corrected chi connectivity index (χ4v) is 3.32. The standard InChI is InChI=1S/C23H20F3N5O2/c1-15-4-3-5-18(12-15)21-29-28-20(33-21)16-6-8-17(9-7-16)22(32)30(2)13-19-27-10-11-31(19)14-23(24,25)26/h3-12H,13-14H2,1-2H3. The Bertz CT molecular complexity index is 1260. The monoisotopic (exact) mass is 455 g/mol. The second-order valence-corrected chi connectivity index (χ2v) is 7.61. The zero-order valence-electron chi connectivity index (χ0n) is 17.9. The average molecular weight is 455 g/mol. The van der Waals surface area contributed by atoms with Crippen LogP contribution in [-0.4, -0.2) is 43.8 Å². The Morgan fingerprint density at radius 3 is 2.42 bits per heavy atom. The topological polar surface area (TPSA) is 77.1 Å². The molecule has 0 saturated carbocycles. The first-order valence-electron chi connectivity index (χ1n) is 10.0. The third kappa shape index (κ3) is 5.28. The molecule has 0 aliphatic heterocycles. The maximum Gasteiger partial charge on any atom is 0.406 e. The molecule has 2 heterocycles. The second kappa shape index (κ2) is 8.89. The van der Waals surface area contributed by atoms with E-state index in [1.807, 2.05) is 31.2 Å². The van der Waals surface area contributed by atoms with Gasteiger partial charge in [-0.05, 0) is 43.3 Å². The van der Waals surface area contributed by atoms with Gasteiger partial charge in [0.25, 0.3) is 5.91 Å². The Hall–Kier alpha value is -3.95. The molecule has 4 aromatic rings. The van der Waals surface area contributed by atoms with Crippen LogP contribution in [0.3, 0.4) is 0 Å². The van der Waals surface area contributed by atoms with Crippen molar-refractivity contribution in [3.05, 3.63) is 77.9 Å². The predicted octanol–water partition coefficient (Wildman–Crippen LogP) is 4.74. The number of benzene rings is 2. The van der Waals surface area contributed by atoms with Gasteiger partial charge in [0.05, 0.1) is 6.54 Å². The van der Waals surface area contributed by atoms with Crippen LogP contribution in [0.1, 0.15) is 21.7 Å². The fraction of sp³-hybridized carbons (Fsp3) is 0.217. The lowest BCUT2D eigenvalue weighted by molar-refractivity contribution is -0.141. The number of aromatic nitrogens is 4. The van der Waals surface area contributed by atoms with E-state index in [1.165, 1.54) is 24.3 Å². The third-order valence-corrected chi connectivity index (χ3v) is 4.95. The van der Waals surface area contributed by atoms with Crippen LogP contribution in [0.4, 0.5) is 13.2 Å². The molecule has 0 aliphatic rings. The highest BCUT2D eigenvalue weighted by molar-refractivity contribution is 5.94. The smallest absolute Gasteiger partial charge is 0.406 e. The average Bonchev–Trinajstić information content (AvgIpc) is 3.42. The summed E-state index contributed by atoms with van der Waals surface area (Å²) >= 11 is 0. The Labute approximate surface area is 187 Å². The number of rotatable bonds is 6. The van der Waals surface area contributed by atoms with Crippen molar-refractivity contribution >= 4 is 5.91 Å². The van der Waals surface area contributed by atoms with Crippen LogP contribution in [0.15, 0.2) is 65.3 Å². The molecule has 0 aliphatic carbocycles. The van der Waals surface area contributed by atoms with Gasteiger partial charge in [-0.3, -0.25) is 4.79 Å². The van der Waals surface area contributed by atoms with Crippen molar-refractivity contribution in [2.24, 2.45) is 0 Å². The summed E-state index contributed by atoms with van der Waals surface area (Å²) in [5.41, 5.74) is 2.89. The largest absolute Gasteiger partial charge is 0.416 e. The first kappa shape index (κ1) is 22.3. The van der Waals surface area contributed by atoms with E-state index in [0.29, 0.717) is 22.9 Å². The minimum Gasteiger partial charge on any atom is -0.416 e. The lowest BCUT2D eigenvalue weighted by Gasteiger charge is -2.18. The number of hydrogen-bond acceptors (Lipinski definition) is 5. The van der Waals surface area contributed by atoms with Gasteiger partial charge in [0.1, 0.15) is 12.4 Å². The molecule has 0 spiro atoms. The van der Waals surface area contributed by atoms with E-state index in [-0.39, 0.29) is 18.3 Å². The van der Waals surface area contributed by atoms with Crippen LogP contribution in [0.5, 0.6) is 0 Å². The minimum atomic E-state index is -4.37. The van der Waals surface area contributed by atoms with Gasteiger partial charge in [0.2, 0.25) is 11.8 Å². The highest BCUT2D eigenvalue weighted by Gasteiger charge is 2.29. The van der Waals surface area contributed by atoms with E-state index >= 15 is 0 Å². The molecular weight excluding hydrogens is 435 g/mol. The molecule has 0 fully saturated rings. The molecule has 2 aromatic carbocycles. The van der Waals surface area contributed by atoms with E-state index in [0.717, 1.165) is 15.7 Å². The normalized spacial score (nSPS) is 11.5. The second-order valence-electron chi connectivity index (χ2n) is 7.61. The van der Waals surface area contributed by atoms with Gasteiger partial charge in [-0.15, -0.1) is 10.2 Å². The summed E-state index contributed by atoms with van der Waals surface area (Å²) in [5, 5.41) is 8.16. The SMILES string of the molecule is Cc1cccc(-c2nnc(-c3ccc(C(=O)N(C)Cc4nccn4CC(F)(F)F)cc3)o2)c1. The molecule has 4 rings (SSSR count). The van der Waals surface area contributed by atoms with Crippen molar-refractivity contribution < 1.29 is 22.4 Å². The van der Waals surface area contributed by atoms with Crippen LogP contribution in [0.25, 0.3) is 22.9 Å². The molecule has 0 radical (unpaired) electrons. The van der Waals surface area contributed by atoms with Gasteiger partial charge in [0, 0.05) is 36.1 Å². The van der Waals surface area contributed by atoms with E-state index in [9.17, 15) is 18.0 Å². The summed E-state index contributed by atoms with van der Waals surface area (Å²) in [6.45, 7) is 0.748. The number of halogens is 3. The van der Waals surface area contributed by atoms with E-state index in [4.69, 9.17) is 4.42 Å². The Morgan fingerprint density at radius 1 is 1.06 bits per heavy atom. The zero-order valence-corrected chi connectivity index (χ0v) is 17.9. The maximum atomic E-state index is 12.8. The Kier molecular flexibility index (Phi) is 5.99. The van der Waals surface area contributed by atoms with E-state index in [1.54, 1.807) is 24.3 Å². The van der Waals surface area contributed by atoms with Crippen LogP contribution in [0.2, 0.25) is 0 Å². The quantitative estimate of drug-likeness (QED) is 0.420. The number of carbonyl (C=O) groups excluding carboxylic acids is 1. The number of alkyl halides is 3. The molecule has 0 N–H and O–H groups in total. The van der Waals surface area contributed by atoms with Crippen molar-refractivity contribution in [2.75, 3.05) is 7.05 Å². The molecular formula is C23H20F3N5O2. The first-order valence-corrected chi connectivity index (χ1v) is 10.0. The maximum absolute atomic E-state index is 12.8. The van der Waals surface area contributed by atoms with Gasteiger partial charge in [-0.1, -0.05) is 17.7 Å². The van der Waals surface area contributed by atoms with E-state index in [2.05, 4.69) is 15.2 Å². The van der Waals surface area contributed by atoms with Gasteiger partial charge < -0.3 is 13.9 Å². The summed E-state index contributed by atoms with van der Waals surface area (Å²) < 4.78 is 44.9. The molecule has 0 saturated heterocycles. The lowest BCUT2D eigenvalue weighted by atomic mass is 10.1. The summed E-state index contributed by atoms with van der Waals surface area (Å²) in [6.07, 6.45) is -1.85. The Balaban J connectivity index is 1.45. The van der Waals surface area contributed by atoms with E-state index < -0.39 is 12.7 Å². The highest BCUT2D eigenvalue weighted by atomic mass is 19.4. The highest BCUT2D eigenvalue weighted by Crippen LogP contribution is 2.25. The molecule has 2 aromatic heterocycles. The molecule has 170 valence electrons. The predicted molar refractivity (Wildman–Crippen MR) is 114 cm³/mol. The van der Waals surface area contributed by atoms with Gasteiger partial charge in [-0.2, -0.15) is 13.2 Å². The lowest BCUT2D eigenvalue weighted by Crippen LogP contribution is -2.29. The minimum absolute atomic E-state index is 0.0623. The third-order valence-electron chi connectivity index (χ3n) is 4.95. The van der Waals surface area contributed by atoms with Crippen LogP contribution < -0.4 is 0 Å². The zero-order chi connectivity index (χ0) is 23.6. The number of hydrogen-bond donors (Lipinski definition) is 0. The molecule has 0 bridgehead atoms. The van der Waals surface area contributed by atoms with Crippen molar-refractivity contribution in [3.8, 4) is 22.9 Å². The number of imidazole rings is 1. The molecule has 0 atom stereocenters. The van der Waals surface area contributed by atoms with Gasteiger partial charge >= 0.3 is 6.18 Å². The van der Waals surface area contributed by atoms with Gasteiger partial charge in [0.15, 0.2) is 0 Å². The summed E-state index contributed by atoms with van der Waals surface area (Å²) in [6, 6.07) is 14.3. The fourth-order valence-electron chi connectivity index (χ4n) is 3.32. The molecule has 7 nitrogen and oxygen atoms in total. The van der Waals surface area contributed by atoms with Crippen LogP contribution in [-0.2, 0) is 13.1 Å². The van der Waals surface area contributed by atoms with Crippen molar-refractivity contribution in [2.45, 2.75) is 26.2 Å². The molecule has 1 amide bonds. The number of amides is 1. The first-order chi connectivity index (χ1) is 15.7. The molecule has 10 heteroatoms. The summed E-state index contributed by atoms with van der Waals surface area (Å²) in [7, 11) is 1.51. The van der Waals surface area contributed by atoms with Crippen LogP contribution >= 0.6 is 0 Å². The number of nitrogens with zero attached hydrogens (tertiary/aromatic N) is 5.